The van der Waals surface area contributed by atoms with Crippen LogP contribution in [0.15, 0.2) is 14.5 Å². The van der Waals surface area contributed by atoms with Crippen LogP contribution in [0, 0.1) is 0 Å². The van der Waals surface area contributed by atoms with Gasteiger partial charge in [0.05, 0.1) is 10.3 Å². The molecule has 1 unspecified atom stereocenters. The number of nitrogens with one attached hydrogen (secondary N) is 1. The molecular formula is C13H25N3O2S3. The normalized spacial score (nSPS) is 18.1. The van der Waals surface area contributed by atoms with Gasteiger partial charge in [-0.2, -0.15) is 0 Å². The molecule has 0 radical (unpaired) electrons. The summed E-state index contributed by atoms with van der Waals surface area (Å²) in [6.45, 7) is 11.1. The summed E-state index contributed by atoms with van der Waals surface area (Å²) in [5.74, 6) is 0. The fourth-order valence-electron chi connectivity index (χ4n) is 2.26. The van der Waals surface area contributed by atoms with Crippen LogP contribution in [0.25, 0.3) is 0 Å². The first-order chi connectivity index (χ1) is 9.97. The van der Waals surface area contributed by atoms with Crippen LogP contribution in [0.2, 0.25) is 0 Å². The van der Waals surface area contributed by atoms with E-state index in [1.165, 1.54) is 23.3 Å². The van der Waals surface area contributed by atoms with Gasteiger partial charge in [0.25, 0.3) is 0 Å². The van der Waals surface area contributed by atoms with Crippen molar-refractivity contribution in [2.45, 2.75) is 48.6 Å². The van der Waals surface area contributed by atoms with Gasteiger partial charge in [-0.05, 0) is 43.1 Å². The monoisotopic (exact) mass is 351 g/mol. The van der Waals surface area contributed by atoms with Gasteiger partial charge in [-0.3, -0.25) is 9.62 Å². The summed E-state index contributed by atoms with van der Waals surface area (Å²) in [5.41, 5.74) is 1.09. The molecule has 1 atom stereocenters. The van der Waals surface area contributed by atoms with Crippen LogP contribution in [0.5, 0.6) is 0 Å². The van der Waals surface area contributed by atoms with Crippen molar-refractivity contribution in [3.05, 3.63) is 11.6 Å². The molecule has 0 bridgehead atoms. The summed E-state index contributed by atoms with van der Waals surface area (Å²) < 4.78 is 27.5. The Balaban J connectivity index is 0.00000106. The fraction of sp³-hybridized carbons (Fsp3) is 0.692. The molecule has 1 aromatic heterocycles. The standard InChI is InChI=1S/C11H19N3O2S3.C2H6/c1-3-5-14(4-2)9-7-13-18-11-8(9)6-10(17-11)19(12,15)16;1-2/h6,9,13H,3-5,7H2,1-2H3,(H2,12,15,16);1-2H3. The van der Waals surface area contributed by atoms with E-state index in [0.717, 1.165) is 35.8 Å². The maximum Gasteiger partial charge on any atom is 0.247 e. The van der Waals surface area contributed by atoms with Crippen LogP contribution in [0.1, 0.15) is 45.7 Å². The number of fused-ring (bicyclic) bond motifs is 1. The number of thiophene rings is 1. The molecule has 0 saturated carbocycles. The molecule has 8 heteroatoms. The highest BCUT2D eigenvalue weighted by atomic mass is 32.3. The van der Waals surface area contributed by atoms with E-state index in [1.807, 2.05) is 13.8 Å². The SMILES string of the molecule is CC.CCCN(CC)C1CNSc2sc(S(N)(=O)=O)cc21. The van der Waals surface area contributed by atoms with E-state index >= 15 is 0 Å². The second-order valence-corrected chi connectivity index (χ2v) is 8.45. The molecule has 0 saturated heterocycles. The van der Waals surface area contributed by atoms with Gasteiger partial charge in [-0.1, -0.05) is 27.7 Å². The maximum absolute atomic E-state index is 11.5. The van der Waals surface area contributed by atoms with Crippen molar-refractivity contribution in [2.24, 2.45) is 5.14 Å². The van der Waals surface area contributed by atoms with Crippen molar-refractivity contribution in [1.82, 2.24) is 9.62 Å². The third-order valence-electron chi connectivity index (χ3n) is 3.14. The molecule has 3 N–H and O–H groups in total. The molecule has 21 heavy (non-hydrogen) atoms. The smallest absolute Gasteiger partial charge is 0.247 e. The zero-order valence-corrected chi connectivity index (χ0v) is 15.5. The van der Waals surface area contributed by atoms with Crippen molar-refractivity contribution in [3.63, 3.8) is 0 Å². The van der Waals surface area contributed by atoms with Crippen molar-refractivity contribution >= 4 is 33.3 Å². The number of primary sulfonamides is 1. The van der Waals surface area contributed by atoms with E-state index in [2.05, 4.69) is 23.5 Å². The zero-order chi connectivity index (χ0) is 16.0. The van der Waals surface area contributed by atoms with Gasteiger partial charge in [0, 0.05) is 6.54 Å². The Bertz CT molecular complexity index is 543. The molecule has 1 aromatic rings. The number of rotatable bonds is 5. The quantitative estimate of drug-likeness (QED) is 0.798. The minimum atomic E-state index is -3.61. The Morgan fingerprint density at radius 2 is 2.10 bits per heavy atom. The van der Waals surface area contributed by atoms with Crippen LogP contribution >= 0.6 is 23.3 Å². The first-order valence-electron chi connectivity index (χ1n) is 7.27. The Morgan fingerprint density at radius 1 is 1.43 bits per heavy atom. The van der Waals surface area contributed by atoms with Crippen LogP contribution in [-0.2, 0) is 10.0 Å². The molecule has 0 aliphatic carbocycles. The fourth-order valence-corrected chi connectivity index (χ4v) is 5.40. The summed E-state index contributed by atoms with van der Waals surface area (Å²) in [7, 11) is -3.61. The van der Waals surface area contributed by atoms with Crippen LogP contribution in [-0.4, -0.2) is 33.0 Å². The van der Waals surface area contributed by atoms with Gasteiger partial charge in [-0.25, -0.2) is 13.6 Å². The summed E-state index contributed by atoms with van der Waals surface area (Å²) >= 11 is 2.75. The van der Waals surface area contributed by atoms with Gasteiger partial charge in [-0.15, -0.1) is 11.3 Å². The zero-order valence-electron chi connectivity index (χ0n) is 13.0. The molecule has 0 fully saturated rings. The molecule has 0 amide bonds. The highest BCUT2D eigenvalue weighted by Crippen LogP contribution is 2.41. The van der Waals surface area contributed by atoms with E-state index in [1.54, 1.807) is 6.07 Å². The number of hydrogen-bond acceptors (Lipinski definition) is 6. The van der Waals surface area contributed by atoms with Crippen LogP contribution in [0.4, 0.5) is 0 Å². The van der Waals surface area contributed by atoms with Crippen LogP contribution in [0.3, 0.4) is 0 Å². The highest BCUT2D eigenvalue weighted by molar-refractivity contribution is 8.00. The number of hydrogen-bond donors (Lipinski definition) is 2. The second-order valence-electron chi connectivity index (χ2n) is 4.45. The average Bonchev–Trinajstić information content (AvgIpc) is 2.91. The van der Waals surface area contributed by atoms with E-state index in [0.29, 0.717) is 0 Å². The largest absolute Gasteiger partial charge is 0.295 e. The molecular weight excluding hydrogens is 326 g/mol. The Kier molecular flexibility index (Phi) is 7.66. The lowest BCUT2D eigenvalue weighted by atomic mass is 10.1. The Labute approximate surface area is 136 Å². The topological polar surface area (TPSA) is 75.4 Å². The average molecular weight is 352 g/mol. The van der Waals surface area contributed by atoms with Gasteiger partial charge in [0.1, 0.15) is 4.21 Å². The molecule has 1 aliphatic heterocycles. The van der Waals surface area contributed by atoms with Crippen molar-refractivity contribution in [3.8, 4) is 0 Å². The highest BCUT2D eigenvalue weighted by Gasteiger charge is 2.29. The molecule has 122 valence electrons. The summed E-state index contributed by atoms with van der Waals surface area (Å²) in [4.78, 5) is 2.37. The van der Waals surface area contributed by atoms with Crippen molar-refractivity contribution in [1.29, 1.82) is 0 Å². The Morgan fingerprint density at radius 3 is 2.62 bits per heavy atom. The molecule has 0 spiro atoms. The Hall–Kier alpha value is -0.120. The van der Waals surface area contributed by atoms with E-state index in [4.69, 9.17) is 5.14 Å². The van der Waals surface area contributed by atoms with Gasteiger partial charge >= 0.3 is 0 Å². The maximum atomic E-state index is 11.5. The minimum absolute atomic E-state index is 0.230. The minimum Gasteiger partial charge on any atom is -0.295 e. The van der Waals surface area contributed by atoms with E-state index < -0.39 is 10.0 Å². The van der Waals surface area contributed by atoms with Gasteiger partial charge < -0.3 is 0 Å². The van der Waals surface area contributed by atoms with Gasteiger partial charge in [0.2, 0.25) is 10.0 Å². The first-order valence-corrected chi connectivity index (χ1v) is 10.5. The predicted octanol–water partition coefficient (Wildman–Crippen LogP) is 2.81. The third-order valence-corrected chi connectivity index (χ3v) is 6.74. The lowest BCUT2D eigenvalue weighted by Gasteiger charge is -2.33. The molecule has 5 nitrogen and oxygen atoms in total. The van der Waals surface area contributed by atoms with Crippen molar-refractivity contribution in [2.75, 3.05) is 19.6 Å². The lowest BCUT2D eigenvalue weighted by Crippen LogP contribution is -2.36. The van der Waals surface area contributed by atoms with E-state index in [-0.39, 0.29) is 10.3 Å². The number of nitrogens with zero attached hydrogens (tertiary/aromatic N) is 1. The number of nitrogens with two attached hydrogens (primary N) is 1. The molecule has 0 aromatic carbocycles. The number of likely N-dealkylation sites (N-methyl/N-ethyl adjacent to an activating group) is 1. The summed E-state index contributed by atoms with van der Waals surface area (Å²) in [6.07, 6.45) is 1.08. The number of sulfonamides is 1. The van der Waals surface area contributed by atoms with E-state index in [9.17, 15) is 8.42 Å². The van der Waals surface area contributed by atoms with Crippen LogP contribution < -0.4 is 9.86 Å². The van der Waals surface area contributed by atoms with Gasteiger partial charge in [0.15, 0.2) is 0 Å². The molecule has 1 aliphatic rings. The molecule has 2 rings (SSSR count). The summed E-state index contributed by atoms with van der Waals surface area (Å²) in [6, 6.07) is 1.97. The van der Waals surface area contributed by atoms with Crippen molar-refractivity contribution < 1.29 is 8.42 Å². The second kappa shape index (κ2) is 8.50. The molecule has 2 heterocycles. The summed E-state index contributed by atoms with van der Waals surface area (Å²) in [5, 5.41) is 5.22. The predicted molar refractivity (Wildman–Crippen MR) is 91.2 cm³/mol. The lowest BCUT2D eigenvalue weighted by molar-refractivity contribution is 0.206. The first kappa shape index (κ1) is 18.9. The third kappa shape index (κ3) is 4.67.